The summed E-state index contributed by atoms with van der Waals surface area (Å²) in [6.45, 7) is 7.69. The largest absolute Gasteiger partial charge is 0.494 e. The molecule has 0 N–H and O–H groups in total. The fraction of sp³-hybridized carbons (Fsp3) is 0.810. The Labute approximate surface area is 157 Å². The summed E-state index contributed by atoms with van der Waals surface area (Å²) < 4.78 is 17.3. The number of fused-ring (bicyclic) bond motifs is 1. The highest BCUT2D eigenvalue weighted by atomic mass is 16.6. The van der Waals surface area contributed by atoms with Crippen LogP contribution in [0.2, 0.25) is 0 Å². The van der Waals surface area contributed by atoms with Crippen molar-refractivity contribution < 1.29 is 14.2 Å². The molecule has 5 nitrogen and oxygen atoms in total. The molecule has 0 aromatic rings. The molecule has 0 aromatic carbocycles. The van der Waals surface area contributed by atoms with E-state index in [1.54, 1.807) is 0 Å². The lowest BCUT2D eigenvalue weighted by atomic mass is 9.87. The number of nitrogens with zero attached hydrogens (tertiary/aromatic N) is 2. The lowest BCUT2D eigenvalue weighted by Gasteiger charge is -2.29. The van der Waals surface area contributed by atoms with Gasteiger partial charge in [-0.25, -0.2) is 4.90 Å². The second-order valence-corrected chi connectivity index (χ2v) is 8.32. The van der Waals surface area contributed by atoms with E-state index in [9.17, 15) is 0 Å². The highest BCUT2D eigenvalue weighted by Gasteiger charge is 2.46. The van der Waals surface area contributed by atoms with Gasteiger partial charge in [0.05, 0.1) is 25.4 Å². The lowest BCUT2D eigenvalue weighted by Crippen LogP contribution is -2.43. The Balaban J connectivity index is 1.12. The van der Waals surface area contributed by atoms with Gasteiger partial charge in [-0.15, -0.1) is 0 Å². The van der Waals surface area contributed by atoms with Crippen LogP contribution in [0.25, 0.3) is 0 Å². The van der Waals surface area contributed by atoms with E-state index in [1.807, 2.05) is 0 Å². The average Bonchev–Trinajstić information content (AvgIpc) is 3.26. The average molecular weight is 363 g/mol. The van der Waals surface area contributed by atoms with Crippen molar-refractivity contribution in [3.05, 3.63) is 24.0 Å². The second kappa shape index (κ2) is 8.87. The molecule has 1 atom stereocenters. The number of hydrogen-bond acceptors (Lipinski definition) is 5. The fourth-order valence-electron chi connectivity index (χ4n) is 4.61. The van der Waals surface area contributed by atoms with E-state index < -0.39 is 0 Å². The predicted octanol–water partition coefficient (Wildman–Crippen LogP) is 3.14. The number of piperidine rings is 1. The van der Waals surface area contributed by atoms with Crippen molar-refractivity contribution >= 4 is 0 Å². The first kappa shape index (κ1) is 18.5. The van der Waals surface area contributed by atoms with Crippen molar-refractivity contribution in [3.8, 4) is 0 Å². The summed E-state index contributed by atoms with van der Waals surface area (Å²) in [5.41, 5.74) is 0.142. The molecule has 3 heterocycles. The van der Waals surface area contributed by atoms with Gasteiger partial charge in [0.25, 0.3) is 0 Å². The molecule has 0 saturated carbocycles. The number of rotatable bonds is 8. The first-order valence-electron chi connectivity index (χ1n) is 10.5. The van der Waals surface area contributed by atoms with Gasteiger partial charge in [-0.05, 0) is 69.7 Å². The lowest BCUT2D eigenvalue weighted by molar-refractivity contribution is 0.0695. The normalized spacial score (nSPS) is 28.9. The maximum Gasteiger partial charge on any atom is 0.115 e. The van der Waals surface area contributed by atoms with Crippen LogP contribution in [-0.2, 0) is 14.2 Å². The van der Waals surface area contributed by atoms with Crippen molar-refractivity contribution in [3.63, 3.8) is 0 Å². The number of allylic oxidation sites excluding steroid dienone is 3. The molecular weight excluding hydrogens is 328 g/mol. The molecule has 3 aliphatic heterocycles. The molecule has 3 saturated heterocycles. The predicted molar refractivity (Wildman–Crippen MR) is 102 cm³/mol. The van der Waals surface area contributed by atoms with Crippen LogP contribution in [0.3, 0.4) is 0 Å². The van der Waals surface area contributed by atoms with Gasteiger partial charge >= 0.3 is 0 Å². The molecule has 26 heavy (non-hydrogen) atoms. The number of ether oxygens (including phenoxy) is 3. The molecule has 0 amide bonds. The van der Waals surface area contributed by atoms with Gasteiger partial charge in [-0.1, -0.05) is 12.5 Å². The molecule has 1 aliphatic carbocycles. The summed E-state index contributed by atoms with van der Waals surface area (Å²) in [5, 5.41) is 0. The molecule has 0 radical (unpaired) electrons. The van der Waals surface area contributed by atoms with E-state index in [4.69, 9.17) is 14.2 Å². The van der Waals surface area contributed by atoms with Crippen molar-refractivity contribution in [2.75, 3.05) is 52.9 Å². The van der Waals surface area contributed by atoms with Crippen molar-refractivity contribution in [1.29, 1.82) is 0 Å². The minimum absolute atomic E-state index is 0.142. The minimum atomic E-state index is 0.142. The van der Waals surface area contributed by atoms with Crippen LogP contribution in [0.4, 0.5) is 0 Å². The zero-order chi connectivity index (χ0) is 17.7. The molecule has 3 fully saturated rings. The molecule has 146 valence electrons. The van der Waals surface area contributed by atoms with Crippen molar-refractivity contribution in [2.24, 2.45) is 5.92 Å². The van der Waals surface area contributed by atoms with Crippen LogP contribution in [0, 0.1) is 5.92 Å². The fourth-order valence-corrected chi connectivity index (χ4v) is 4.61. The third-order valence-electron chi connectivity index (χ3n) is 6.38. The Morgan fingerprint density at radius 2 is 1.92 bits per heavy atom. The van der Waals surface area contributed by atoms with E-state index in [1.165, 1.54) is 45.3 Å². The minimum Gasteiger partial charge on any atom is -0.494 e. The zero-order valence-corrected chi connectivity index (χ0v) is 16.0. The van der Waals surface area contributed by atoms with Crippen LogP contribution in [0.15, 0.2) is 24.0 Å². The molecular formula is C21H34N2O3. The zero-order valence-electron chi connectivity index (χ0n) is 16.0. The van der Waals surface area contributed by atoms with Crippen LogP contribution in [-0.4, -0.2) is 68.3 Å². The Morgan fingerprint density at radius 3 is 2.65 bits per heavy atom. The topological polar surface area (TPSA) is 34.2 Å². The molecule has 5 heteroatoms. The highest BCUT2D eigenvalue weighted by Crippen LogP contribution is 2.35. The molecule has 0 bridgehead atoms. The van der Waals surface area contributed by atoms with E-state index in [-0.39, 0.29) is 5.54 Å². The summed E-state index contributed by atoms with van der Waals surface area (Å²) in [6, 6.07) is 0. The van der Waals surface area contributed by atoms with Crippen LogP contribution in [0.1, 0.15) is 44.9 Å². The summed E-state index contributed by atoms with van der Waals surface area (Å²) in [4.78, 5) is 4.93. The molecule has 0 spiro atoms. The second-order valence-electron chi connectivity index (χ2n) is 8.32. The van der Waals surface area contributed by atoms with Gasteiger partial charge in [-0.3, -0.25) is 0 Å². The SMILES string of the molecule is C1=CC(CCC23COCN2COC3)CC=C1OCCCN1CCCCC1. The first-order chi connectivity index (χ1) is 12.8. The molecule has 4 aliphatic rings. The van der Waals surface area contributed by atoms with Crippen LogP contribution in [0.5, 0.6) is 0 Å². The van der Waals surface area contributed by atoms with Crippen molar-refractivity contribution in [2.45, 2.75) is 50.5 Å². The highest BCUT2D eigenvalue weighted by molar-refractivity contribution is 5.18. The third-order valence-corrected chi connectivity index (χ3v) is 6.38. The van der Waals surface area contributed by atoms with Gasteiger partial charge in [0.2, 0.25) is 0 Å². The number of likely N-dealkylation sites (tertiary alicyclic amines) is 1. The Kier molecular flexibility index (Phi) is 6.31. The summed E-state index contributed by atoms with van der Waals surface area (Å²) in [7, 11) is 0. The quantitative estimate of drug-likeness (QED) is 0.620. The Morgan fingerprint density at radius 1 is 1.12 bits per heavy atom. The van der Waals surface area contributed by atoms with E-state index in [2.05, 4.69) is 28.0 Å². The first-order valence-corrected chi connectivity index (χ1v) is 10.5. The van der Waals surface area contributed by atoms with Gasteiger partial charge < -0.3 is 19.1 Å². The van der Waals surface area contributed by atoms with Gasteiger partial charge in [0.1, 0.15) is 19.2 Å². The summed E-state index contributed by atoms with van der Waals surface area (Å²) >= 11 is 0. The monoisotopic (exact) mass is 362 g/mol. The van der Waals surface area contributed by atoms with E-state index in [0.717, 1.165) is 58.3 Å². The molecule has 1 unspecified atom stereocenters. The maximum atomic E-state index is 5.97. The third kappa shape index (κ3) is 4.50. The maximum absolute atomic E-state index is 5.97. The smallest absolute Gasteiger partial charge is 0.115 e. The molecule has 0 aromatic heterocycles. The number of hydrogen-bond donors (Lipinski definition) is 0. The Bertz CT molecular complexity index is 503. The van der Waals surface area contributed by atoms with E-state index >= 15 is 0 Å². The summed E-state index contributed by atoms with van der Waals surface area (Å²) in [5.74, 6) is 1.68. The van der Waals surface area contributed by atoms with Crippen molar-refractivity contribution in [1.82, 2.24) is 9.80 Å². The van der Waals surface area contributed by atoms with Crippen LogP contribution >= 0.6 is 0 Å². The van der Waals surface area contributed by atoms with Gasteiger partial charge in [0.15, 0.2) is 0 Å². The summed E-state index contributed by atoms with van der Waals surface area (Å²) in [6.07, 6.45) is 15.5. The van der Waals surface area contributed by atoms with Gasteiger partial charge in [-0.2, -0.15) is 0 Å². The standard InChI is InChI=1S/C21H34N2O3/c1-2-11-22(12-3-1)13-4-14-26-20-7-5-19(6-8-20)9-10-21-15-24-17-23(21)18-25-16-21/h5,7-8,19H,1-4,6,9-18H2. The molecule has 4 rings (SSSR count). The van der Waals surface area contributed by atoms with Crippen LogP contribution < -0.4 is 0 Å². The van der Waals surface area contributed by atoms with E-state index in [0.29, 0.717) is 5.92 Å². The van der Waals surface area contributed by atoms with Gasteiger partial charge in [0, 0.05) is 6.54 Å². The Hall–Kier alpha value is -0.880.